The van der Waals surface area contributed by atoms with Crippen molar-refractivity contribution in [3.8, 4) is 0 Å². The van der Waals surface area contributed by atoms with Crippen molar-refractivity contribution in [1.29, 1.82) is 0 Å². The lowest BCUT2D eigenvalue weighted by Gasteiger charge is -2.21. The monoisotopic (exact) mass is 116 g/mol. The number of nitrogens with one attached hydrogen (secondary N) is 1. The van der Waals surface area contributed by atoms with Gasteiger partial charge in [0.15, 0.2) is 0 Å². The summed E-state index contributed by atoms with van der Waals surface area (Å²) in [7, 11) is 6.13. The van der Waals surface area contributed by atoms with Crippen molar-refractivity contribution in [3.05, 3.63) is 0 Å². The highest BCUT2D eigenvalue weighted by atomic mass is 15.2. The van der Waals surface area contributed by atoms with Crippen LogP contribution in [0.4, 0.5) is 0 Å². The maximum absolute atomic E-state index is 3.18. The summed E-state index contributed by atoms with van der Waals surface area (Å²) in [5.74, 6) is 0. The van der Waals surface area contributed by atoms with Crippen LogP contribution >= 0.6 is 0 Å². The Kier molecular flexibility index (Phi) is 3.83. The lowest BCUT2D eigenvalue weighted by Crippen LogP contribution is -2.38. The van der Waals surface area contributed by atoms with Crippen LogP contribution in [0, 0.1) is 0 Å². The summed E-state index contributed by atoms with van der Waals surface area (Å²) in [6.45, 7) is 2.17. The molecule has 0 aromatic rings. The Labute approximate surface area is 51.9 Å². The van der Waals surface area contributed by atoms with E-state index in [1.54, 1.807) is 0 Å². The third-order valence-electron chi connectivity index (χ3n) is 1.34. The molecule has 0 aliphatic rings. The molecule has 0 aromatic carbocycles. The molecule has 1 atom stereocenters. The highest BCUT2D eigenvalue weighted by molar-refractivity contribution is 4.55. The lowest BCUT2D eigenvalue weighted by molar-refractivity contribution is 0.253. The molecule has 0 heterocycles. The number of rotatable bonds is 3. The Bertz CT molecular complexity index is 48.5. The van der Waals surface area contributed by atoms with Gasteiger partial charge in [-0.3, -0.25) is 4.90 Å². The Morgan fingerprint density at radius 2 is 2.00 bits per heavy atom. The molecular formula is C6H16N2. The quantitative estimate of drug-likeness (QED) is 0.540. The first-order valence-corrected chi connectivity index (χ1v) is 3.06. The summed E-state index contributed by atoms with van der Waals surface area (Å²) in [4.78, 5) is 2.17. The van der Waals surface area contributed by atoms with E-state index in [9.17, 15) is 0 Å². The van der Waals surface area contributed by atoms with Gasteiger partial charge in [0.25, 0.3) is 0 Å². The molecule has 0 radical (unpaired) electrons. The highest BCUT2D eigenvalue weighted by Crippen LogP contribution is 1.90. The van der Waals surface area contributed by atoms with Crippen LogP contribution in [-0.2, 0) is 0 Å². The van der Waals surface area contributed by atoms with Gasteiger partial charge in [-0.25, -0.2) is 0 Å². The van der Waals surface area contributed by atoms with E-state index in [1.165, 1.54) is 0 Å². The van der Waals surface area contributed by atoms with Gasteiger partial charge in [-0.05, 0) is 27.6 Å². The predicted octanol–water partition coefficient (Wildman–Crippen LogP) is 0.503. The van der Waals surface area contributed by atoms with E-state index in [1.807, 2.05) is 7.05 Å². The third-order valence-corrected chi connectivity index (χ3v) is 1.34. The van der Waals surface area contributed by atoms with Gasteiger partial charge in [0.1, 0.15) is 0 Å². The van der Waals surface area contributed by atoms with Crippen molar-refractivity contribution in [3.63, 3.8) is 0 Å². The molecule has 1 N–H and O–H groups in total. The Hall–Kier alpha value is -0.0800. The summed E-state index contributed by atoms with van der Waals surface area (Å²) in [6, 6.07) is 0. The number of nitrogens with zero attached hydrogens (tertiary/aromatic N) is 1. The largest absolute Gasteiger partial charge is 0.305 e. The maximum atomic E-state index is 3.18. The second-order valence-corrected chi connectivity index (χ2v) is 2.18. The van der Waals surface area contributed by atoms with Crippen molar-refractivity contribution in [2.75, 3.05) is 21.1 Å². The first kappa shape index (κ1) is 7.92. The van der Waals surface area contributed by atoms with E-state index >= 15 is 0 Å². The van der Waals surface area contributed by atoms with Crippen molar-refractivity contribution < 1.29 is 0 Å². The Balaban J connectivity index is 3.35. The van der Waals surface area contributed by atoms with E-state index in [0.29, 0.717) is 6.17 Å². The van der Waals surface area contributed by atoms with Gasteiger partial charge in [0, 0.05) is 0 Å². The van der Waals surface area contributed by atoms with Gasteiger partial charge < -0.3 is 5.32 Å². The van der Waals surface area contributed by atoms with Crippen LogP contribution in [-0.4, -0.2) is 32.2 Å². The molecule has 0 aliphatic carbocycles. The fourth-order valence-corrected chi connectivity index (χ4v) is 0.827. The van der Waals surface area contributed by atoms with Crippen LogP contribution in [0.25, 0.3) is 0 Å². The van der Waals surface area contributed by atoms with E-state index in [4.69, 9.17) is 0 Å². The van der Waals surface area contributed by atoms with E-state index in [0.717, 1.165) is 6.42 Å². The fraction of sp³-hybridized carbons (Fsp3) is 1.00. The average molecular weight is 116 g/mol. The van der Waals surface area contributed by atoms with E-state index < -0.39 is 0 Å². The van der Waals surface area contributed by atoms with Crippen LogP contribution in [0.2, 0.25) is 0 Å². The van der Waals surface area contributed by atoms with E-state index in [-0.39, 0.29) is 0 Å². The zero-order chi connectivity index (χ0) is 6.57. The fourth-order valence-electron chi connectivity index (χ4n) is 0.827. The Morgan fingerprint density at radius 3 is 2.00 bits per heavy atom. The molecule has 50 valence electrons. The summed E-state index contributed by atoms with van der Waals surface area (Å²) in [6.07, 6.45) is 1.69. The van der Waals surface area contributed by atoms with Gasteiger partial charge in [0.2, 0.25) is 0 Å². The molecule has 0 rings (SSSR count). The summed E-state index contributed by atoms with van der Waals surface area (Å²) < 4.78 is 0. The van der Waals surface area contributed by atoms with Crippen LogP contribution in [0.5, 0.6) is 0 Å². The molecular weight excluding hydrogens is 100 g/mol. The minimum Gasteiger partial charge on any atom is -0.305 e. The molecule has 2 heteroatoms. The maximum Gasteiger partial charge on any atom is 0.0586 e. The smallest absolute Gasteiger partial charge is 0.0586 e. The third kappa shape index (κ3) is 2.28. The minimum absolute atomic E-state index is 0.537. The van der Waals surface area contributed by atoms with Crippen LogP contribution in [0.15, 0.2) is 0 Å². The second kappa shape index (κ2) is 3.87. The normalized spacial score (nSPS) is 14.6. The molecule has 0 saturated heterocycles. The number of hydrogen-bond donors (Lipinski definition) is 1. The van der Waals surface area contributed by atoms with E-state index in [2.05, 4.69) is 31.2 Å². The molecule has 0 saturated carbocycles. The molecule has 1 unspecified atom stereocenters. The van der Waals surface area contributed by atoms with Crippen molar-refractivity contribution in [2.45, 2.75) is 19.5 Å². The zero-order valence-corrected chi connectivity index (χ0v) is 6.23. The van der Waals surface area contributed by atoms with Gasteiger partial charge >= 0.3 is 0 Å². The molecule has 0 aromatic heterocycles. The standard InChI is InChI=1S/C6H16N2/c1-5-6(7-2)8(3)4/h6-7H,5H2,1-4H3. The van der Waals surface area contributed by atoms with Crippen LogP contribution < -0.4 is 5.32 Å². The zero-order valence-electron chi connectivity index (χ0n) is 6.23. The Morgan fingerprint density at radius 1 is 1.50 bits per heavy atom. The summed E-state index contributed by atoms with van der Waals surface area (Å²) >= 11 is 0. The molecule has 0 amide bonds. The lowest BCUT2D eigenvalue weighted by atomic mass is 10.3. The van der Waals surface area contributed by atoms with Crippen LogP contribution in [0.1, 0.15) is 13.3 Å². The van der Waals surface area contributed by atoms with Crippen molar-refractivity contribution >= 4 is 0 Å². The summed E-state index contributed by atoms with van der Waals surface area (Å²) in [5.41, 5.74) is 0. The second-order valence-electron chi connectivity index (χ2n) is 2.18. The molecule has 0 spiro atoms. The molecule has 0 aliphatic heterocycles. The highest BCUT2D eigenvalue weighted by Gasteiger charge is 2.01. The van der Waals surface area contributed by atoms with Crippen molar-refractivity contribution in [1.82, 2.24) is 10.2 Å². The molecule has 2 nitrogen and oxygen atoms in total. The minimum atomic E-state index is 0.537. The topological polar surface area (TPSA) is 15.3 Å². The molecule has 0 bridgehead atoms. The first-order valence-electron chi connectivity index (χ1n) is 3.06. The number of hydrogen-bond acceptors (Lipinski definition) is 2. The van der Waals surface area contributed by atoms with Gasteiger partial charge in [-0.2, -0.15) is 0 Å². The van der Waals surface area contributed by atoms with Crippen LogP contribution in [0.3, 0.4) is 0 Å². The van der Waals surface area contributed by atoms with Gasteiger partial charge in [0.05, 0.1) is 6.17 Å². The first-order chi connectivity index (χ1) is 3.72. The SMILES string of the molecule is CCC(NC)N(C)C. The molecule has 8 heavy (non-hydrogen) atoms. The van der Waals surface area contributed by atoms with Gasteiger partial charge in [-0.15, -0.1) is 0 Å². The van der Waals surface area contributed by atoms with Gasteiger partial charge in [-0.1, -0.05) is 6.92 Å². The van der Waals surface area contributed by atoms with Crippen molar-refractivity contribution in [2.24, 2.45) is 0 Å². The predicted molar refractivity (Wildman–Crippen MR) is 36.8 cm³/mol. The summed E-state index contributed by atoms with van der Waals surface area (Å²) in [5, 5.41) is 3.18. The molecule has 0 fully saturated rings. The average Bonchev–Trinajstić information content (AvgIpc) is 1.69.